The van der Waals surface area contributed by atoms with Crippen LogP contribution in [0.3, 0.4) is 0 Å². The molecular weight excluding hydrogens is 959 g/mol. The van der Waals surface area contributed by atoms with Crippen LogP contribution in [0, 0.1) is 17.8 Å². The summed E-state index contributed by atoms with van der Waals surface area (Å²) in [4.78, 5) is 99.6. The van der Waals surface area contributed by atoms with E-state index < -0.39 is 71.7 Å². The molecule has 76 heavy (non-hydrogen) atoms. The number of Topliss-reactive ketones (excluding diaryl/α,β-unsaturated/α-hetero) is 1. The third-order valence-electron chi connectivity index (χ3n) is 14.5. The SMILES string of the molecule is CC(=O)[C@H](CC1CCCCC1)NC(=O)[C@H](CCN)NC(=O)[C@@H](CC(C)C)NC(=O)[C@H](C)N(C)C(=O)[C@H](Cc1cccc(CN)c1)NC(=O)[C@H](Cc1ccc(-c2ccccc2)cc1)NC(=O)[C@@H](C)Cc1cccc(CN)c1. The Hall–Kier alpha value is -6.75. The average Bonchev–Trinajstić information content (AvgIpc) is 3.41. The maximum atomic E-state index is 14.8. The van der Waals surface area contributed by atoms with Crippen LogP contribution in [0.4, 0.5) is 0 Å². The van der Waals surface area contributed by atoms with Gasteiger partial charge in [0.15, 0.2) is 5.78 Å². The predicted octanol–water partition coefficient (Wildman–Crippen LogP) is 5.16. The molecule has 1 aliphatic carbocycles. The molecule has 4 aromatic rings. The first-order chi connectivity index (χ1) is 36.4. The highest BCUT2D eigenvalue weighted by Gasteiger charge is 2.35. The Labute approximate surface area is 449 Å². The van der Waals surface area contributed by atoms with Gasteiger partial charge in [0.05, 0.1) is 6.04 Å². The number of hydrogen-bond donors (Lipinski definition) is 8. The summed E-state index contributed by atoms with van der Waals surface area (Å²) >= 11 is 0. The summed E-state index contributed by atoms with van der Waals surface area (Å²) in [6, 6.07) is 26.3. The Morgan fingerprint density at radius 3 is 1.61 bits per heavy atom. The highest BCUT2D eigenvalue weighted by molar-refractivity contribution is 5.97. The molecule has 4 aromatic carbocycles. The van der Waals surface area contributed by atoms with Crippen molar-refractivity contribution in [3.05, 3.63) is 131 Å². The highest BCUT2D eigenvalue weighted by Crippen LogP contribution is 2.28. The Bertz CT molecular complexity index is 2550. The van der Waals surface area contributed by atoms with Crippen molar-refractivity contribution in [2.75, 3.05) is 13.6 Å². The van der Waals surface area contributed by atoms with Gasteiger partial charge in [-0.25, -0.2) is 0 Å². The summed E-state index contributed by atoms with van der Waals surface area (Å²) in [7, 11) is 1.45. The van der Waals surface area contributed by atoms with E-state index >= 15 is 0 Å². The minimum atomic E-state index is -1.22. The number of rotatable bonds is 28. The lowest BCUT2D eigenvalue weighted by Crippen LogP contribution is -2.60. The van der Waals surface area contributed by atoms with Crippen molar-refractivity contribution >= 4 is 41.2 Å². The topological polar surface area (TPSA) is 261 Å². The summed E-state index contributed by atoms with van der Waals surface area (Å²) in [5.74, 6) is -3.81. The summed E-state index contributed by atoms with van der Waals surface area (Å²) in [6.07, 6.45) is 6.66. The van der Waals surface area contributed by atoms with Crippen molar-refractivity contribution in [1.29, 1.82) is 0 Å². The molecule has 16 heteroatoms. The van der Waals surface area contributed by atoms with Gasteiger partial charge >= 0.3 is 0 Å². The quantitative estimate of drug-likeness (QED) is 0.0371. The van der Waals surface area contributed by atoms with E-state index in [4.69, 9.17) is 17.2 Å². The van der Waals surface area contributed by atoms with Crippen molar-refractivity contribution in [2.24, 2.45) is 35.0 Å². The largest absolute Gasteiger partial charge is 0.345 e. The molecule has 1 saturated carbocycles. The second-order valence-electron chi connectivity index (χ2n) is 21.1. The highest BCUT2D eigenvalue weighted by atomic mass is 16.2. The first-order valence-corrected chi connectivity index (χ1v) is 27.1. The van der Waals surface area contributed by atoms with E-state index in [1.807, 2.05) is 117 Å². The van der Waals surface area contributed by atoms with Crippen LogP contribution in [0.5, 0.6) is 0 Å². The first-order valence-electron chi connectivity index (χ1n) is 27.1. The molecule has 0 aliphatic heterocycles. The summed E-state index contributed by atoms with van der Waals surface area (Å²) in [5.41, 5.74) is 24.0. The smallest absolute Gasteiger partial charge is 0.245 e. The third kappa shape index (κ3) is 18.5. The van der Waals surface area contributed by atoms with Crippen LogP contribution >= 0.6 is 0 Å². The summed E-state index contributed by atoms with van der Waals surface area (Å²) < 4.78 is 0. The standard InChI is InChI=1S/C60H83N9O7/c1-38(2)29-52(58(74)64-50(27-28-61)57(73)65-51(41(5)70)33-42-15-9-7-10-16-42)67-56(72)40(4)69(6)60(76)54(35-45-18-14-20-47(32-45)37-63)68-59(75)53(34-43-23-25-49(26-24-43)48-21-11-8-12-22-48)66-55(71)39(3)30-44-17-13-19-46(31-44)36-62/h8,11-14,17-26,31-32,38-40,42,50-54H,7,9-10,15-16,27-30,33-37,61-63H2,1-6H3,(H,64,74)(H,65,73)(H,66,71)(H,67,72)(H,68,75)/t39-,40-,50-,51-,52+,53-,54-/m0/s1. The molecule has 0 bridgehead atoms. The average molecular weight is 1040 g/mol. The van der Waals surface area contributed by atoms with Crippen LogP contribution in [0.25, 0.3) is 11.1 Å². The van der Waals surface area contributed by atoms with Crippen LogP contribution in [0.2, 0.25) is 0 Å². The predicted molar refractivity (Wildman–Crippen MR) is 298 cm³/mol. The normalized spacial score (nSPS) is 15.4. The lowest BCUT2D eigenvalue weighted by molar-refractivity contribution is -0.142. The van der Waals surface area contributed by atoms with Crippen molar-refractivity contribution in [2.45, 2.75) is 155 Å². The van der Waals surface area contributed by atoms with E-state index in [9.17, 15) is 33.6 Å². The number of carbonyl (C=O) groups excluding carboxylic acids is 7. The number of carbonyl (C=O) groups is 7. The van der Waals surface area contributed by atoms with E-state index in [0.717, 1.165) is 65.5 Å². The zero-order valence-corrected chi connectivity index (χ0v) is 45.4. The van der Waals surface area contributed by atoms with Crippen LogP contribution in [0.1, 0.15) is 114 Å². The summed E-state index contributed by atoms with van der Waals surface area (Å²) in [6.45, 7) is 9.22. The van der Waals surface area contributed by atoms with Crippen molar-refractivity contribution in [1.82, 2.24) is 31.5 Å². The Morgan fingerprint density at radius 2 is 1.03 bits per heavy atom. The number of amides is 6. The number of nitrogens with one attached hydrogen (secondary N) is 5. The van der Waals surface area contributed by atoms with Crippen LogP contribution in [-0.2, 0) is 65.9 Å². The molecule has 5 rings (SSSR count). The fourth-order valence-corrected chi connectivity index (χ4v) is 9.81. The Morgan fingerprint density at radius 1 is 0.526 bits per heavy atom. The minimum Gasteiger partial charge on any atom is -0.345 e. The van der Waals surface area contributed by atoms with Gasteiger partial charge in [-0.15, -0.1) is 0 Å². The molecule has 7 atom stereocenters. The number of nitrogens with two attached hydrogens (primary N) is 3. The molecule has 1 aliphatic rings. The van der Waals surface area contributed by atoms with Gasteiger partial charge < -0.3 is 48.7 Å². The first kappa shape index (κ1) is 60.1. The number of hydrogen-bond acceptors (Lipinski definition) is 10. The van der Waals surface area contributed by atoms with E-state index in [1.165, 1.54) is 25.8 Å². The summed E-state index contributed by atoms with van der Waals surface area (Å²) in [5, 5.41) is 14.4. The Kier molecular flexibility index (Phi) is 23.8. The van der Waals surface area contributed by atoms with Crippen LogP contribution < -0.4 is 43.8 Å². The molecule has 1 fully saturated rings. The van der Waals surface area contributed by atoms with Gasteiger partial charge in [-0.2, -0.15) is 0 Å². The molecule has 0 unspecified atom stereocenters. The van der Waals surface area contributed by atoms with E-state index in [2.05, 4.69) is 26.6 Å². The minimum absolute atomic E-state index is 0.0194. The molecule has 11 N–H and O–H groups in total. The maximum Gasteiger partial charge on any atom is 0.245 e. The molecule has 6 amide bonds. The van der Waals surface area contributed by atoms with Crippen LogP contribution in [-0.4, -0.2) is 96.0 Å². The van der Waals surface area contributed by atoms with E-state index in [0.29, 0.717) is 30.9 Å². The van der Waals surface area contributed by atoms with Gasteiger partial charge in [-0.05, 0) is 96.9 Å². The van der Waals surface area contributed by atoms with E-state index in [-0.39, 0.29) is 56.4 Å². The number of likely N-dealkylation sites (N-methyl/N-ethyl adjacent to an activating group) is 1. The maximum absolute atomic E-state index is 14.8. The van der Waals surface area contributed by atoms with E-state index in [1.54, 1.807) is 6.92 Å². The van der Waals surface area contributed by atoms with Crippen LogP contribution in [0.15, 0.2) is 103 Å². The van der Waals surface area contributed by atoms with Gasteiger partial charge in [0.2, 0.25) is 35.4 Å². The fraction of sp³-hybridized carbons (Fsp3) is 0.483. The van der Waals surface area contributed by atoms with Crippen molar-refractivity contribution in [3.8, 4) is 11.1 Å². The molecule has 16 nitrogen and oxygen atoms in total. The fourth-order valence-electron chi connectivity index (χ4n) is 9.81. The zero-order valence-electron chi connectivity index (χ0n) is 45.4. The lowest BCUT2D eigenvalue weighted by atomic mass is 9.84. The monoisotopic (exact) mass is 1040 g/mol. The van der Waals surface area contributed by atoms with Gasteiger partial charge in [0.1, 0.15) is 30.2 Å². The van der Waals surface area contributed by atoms with Gasteiger partial charge in [0, 0.05) is 38.9 Å². The van der Waals surface area contributed by atoms with Gasteiger partial charge in [-0.1, -0.05) is 156 Å². The third-order valence-corrected chi connectivity index (χ3v) is 14.5. The molecule has 0 saturated heterocycles. The molecule has 0 aromatic heterocycles. The Balaban J connectivity index is 1.36. The molecule has 0 radical (unpaired) electrons. The van der Waals surface area contributed by atoms with Gasteiger partial charge in [0.25, 0.3) is 0 Å². The second kappa shape index (κ2) is 30.1. The molecular formula is C60H83N9O7. The molecule has 410 valence electrons. The zero-order chi connectivity index (χ0) is 55.3. The van der Waals surface area contributed by atoms with Crippen molar-refractivity contribution < 1.29 is 33.6 Å². The number of benzene rings is 4. The number of nitrogens with zero attached hydrogens (tertiary/aromatic N) is 1. The van der Waals surface area contributed by atoms with Gasteiger partial charge in [-0.3, -0.25) is 33.6 Å². The molecule has 0 spiro atoms. The lowest BCUT2D eigenvalue weighted by Gasteiger charge is -2.31. The molecule has 0 heterocycles. The van der Waals surface area contributed by atoms with Crippen molar-refractivity contribution in [3.63, 3.8) is 0 Å². The second-order valence-corrected chi connectivity index (χ2v) is 21.1. The number of ketones is 1.